The van der Waals surface area contributed by atoms with Crippen molar-refractivity contribution in [2.24, 2.45) is 17.8 Å². The first kappa shape index (κ1) is 7.78. The van der Waals surface area contributed by atoms with Crippen LogP contribution in [0.2, 0.25) is 0 Å². The van der Waals surface area contributed by atoms with Crippen molar-refractivity contribution < 1.29 is 4.79 Å². The standard InChI is InChI=1S/C11H14O/c1-2-8-3-4-9-5-6-11(12)10(9)7-8/h2,5-6,8-10H,1,3-4,7H2/t8-,9-,10-/m1/s1. The second kappa shape index (κ2) is 2.89. The van der Waals surface area contributed by atoms with Crippen molar-refractivity contribution in [3.63, 3.8) is 0 Å². The highest BCUT2D eigenvalue weighted by Crippen LogP contribution is 2.38. The lowest BCUT2D eigenvalue weighted by Crippen LogP contribution is -2.24. The molecule has 0 aromatic rings. The summed E-state index contributed by atoms with van der Waals surface area (Å²) < 4.78 is 0. The zero-order chi connectivity index (χ0) is 8.55. The molecule has 1 heteroatoms. The molecule has 0 aromatic carbocycles. The summed E-state index contributed by atoms with van der Waals surface area (Å²) in [7, 11) is 0. The van der Waals surface area contributed by atoms with Crippen molar-refractivity contribution in [2.45, 2.75) is 19.3 Å². The maximum Gasteiger partial charge on any atom is 0.159 e. The molecule has 0 saturated heterocycles. The molecule has 1 fully saturated rings. The number of hydrogen-bond donors (Lipinski definition) is 0. The summed E-state index contributed by atoms with van der Waals surface area (Å²) in [6, 6.07) is 0. The third-order valence-electron chi connectivity index (χ3n) is 3.15. The number of hydrogen-bond acceptors (Lipinski definition) is 1. The smallest absolute Gasteiger partial charge is 0.159 e. The summed E-state index contributed by atoms with van der Waals surface area (Å²) in [5.74, 6) is 1.76. The molecule has 0 spiro atoms. The Morgan fingerprint density at radius 1 is 1.50 bits per heavy atom. The van der Waals surface area contributed by atoms with Crippen LogP contribution in [-0.4, -0.2) is 5.78 Å². The number of carbonyl (C=O) groups is 1. The van der Waals surface area contributed by atoms with Crippen molar-refractivity contribution in [3.8, 4) is 0 Å². The Bertz CT molecular complexity index is 239. The second-order valence-electron chi connectivity index (χ2n) is 3.84. The van der Waals surface area contributed by atoms with Gasteiger partial charge in [0.05, 0.1) is 0 Å². The van der Waals surface area contributed by atoms with Gasteiger partial charge in [0.25, 0.3) is 0 Å². The Morgan fingerprint density at radius 3 is 3.08 bits per heavy atom. The topological polar surface area (TPSA) is 17.1 Å². The molecule has 0 unspecified atom stereocenters. The van der Waals surface area contributed by atoms with E-state index in [1.165, 1.54) is 12.8 Å². The fraction of sp³-hybridized carbons (Fsp3) is 0.545. The Hall–Kier alpha value is -0.850. The molecule has 12 heavy (non-hydrogen) atoms. The molecule has 2 aliphatic rings. The quantitative estimate of drug-likeness (QED) is 0.541. The molecule has 2 rings (SSSR count). The van der Waals surface area contributed by atoms with Gasteiger partial charge in [0.1, 0.15) is 0 Å². The highest BCUT2D eigenvalue weighted by molar-refractivity contribution is 5.94. The van der Waals surface area contributed by atoms with Crippen LogP contribution in [0.15, 0.2) is 24.8 Å². The van der Waals surface area contributed by atoms with Gasteiger partial charge in [-0.25, -0.2) is 0 Å². The maximum absolute atomic E-state index is 11.3. The van der Waals surface area contributed by atoms with Gasteiger partial charge in [-0.1, -0.05) is 12.2 Å². The Morgan fingerprint density at radius 2 is 2.33 bits per heavy atom. The van der Waals surface area contributed by atoms with Crippen LogP contribution in [0, 0.1) is 17.8 Å². The fourth-order valence-corrected chi connectivity index (χ4v) is 2.34. The van der Waals surface area contributed by atoms with Crippen LogP contribution in [0.4, 0.5) is 0 Å². The van der Waals surface area contributed by atoms with Crippen molar-refractivity contribution in [3.05, 3.63) is 24.8 Å². The average molecular weight is 162 g/mol. The summed E-state index contributed by atoms with van der Waals surface area (Å²) in [4.78, 5) is 11.3. The predicted molar refractivity (Wildman–Crippen MR) is 48.7 cm³/mol. The van der Waals surface area contributed by atoms with Crippen LogP contribution in [0.3, 0.4) is 0 Å². The van der Waals surface area contributed by atoms with Crippen LogP contribution >= 0.6 is 0 Å². The van der Waals surface area contributed by atoms with Crippen molar-refractivity contribution in [1.82, 2.24) is 0 Å². The van der Waals surface area contributed by atoms with Gasteiger partial charge >= 0.3 is 0 Å². The monoisotopic (exact) mass is 162 g/mol. The van der Waals surface area contributed by atoms with E-state index in [9.17, 15) is 4.79 Å². The summed E-state index contributed by atoms with van der Waals surface area (Å²) in [6.45, 7) is 3.79. The molecule has 64 valence electrons. The van der Waals surface area contributed by atoms with E-state index in [2.05, 4.69) is 12.7 Å². The molecule has 0 N–H and O–H groups in total. The normalized spacial score (nSPS) is 39.7. The lowest BCUT2D eigenvalue weighted by Gasteiger charge is -2.28. The highest BCUT2D eigenvalue weighted by Gasteiger charge is 2.34. The largest absolute Gasteiger partial charge is 0.295 e. The molecule has 0 aliphatic heterocycles. The zero-order valence-electron chi connectivity index (χ0n) is 7.20. The summed E-state index contributed by atoms with van der Waals surface area (Å²) in [5.41, 5.74) is 0. The van der Waals surface area contributed by atoms with E-state index in [-0.39, 0.29) is 0 Å². The molecular formula is C11H14O. The van der Waals surface area contributed by atoms with Gasteiger partial charge in [-0.15, -0.1) is 6.58 Å². The molecule has 0 amide bonds. The zero-order valence-corrected chi connectivity index (χ0v) is 7.20. The molecule has 0 heterocycles. The van der Waals surface area contributed by atoms with Crippen LogP contribution in [-0.2, 0) is 4.79 Å². The lowest BCUT2D eigenvalue weighted by molar-refractivity contribution is -0.119. The lowest BCUT2D eigenvalue weighted by atomic mass is 9.75. The molecule has 2 aliphatic carbocycles. The second-order valence-corrected chi connectivity index (χ2v) is 3.84. The summed E-state index contributed by atoms with van der Waals surface area (Å²) in [6.07, 6.45) is 9.26. The molecular weight excluding hydrogens is 148 g/mol. The summed E-state index contributed by atoms with van der Waals surface area (Å²) in [5, 5.41) is 0. The molecule has 1 saturated carbocycles. The average Bonchev–Trinajstić information content (AvgIpc) is 2.47. The van der Waals surface area contributed by atoms with Gasteiger partial charge in [-0.05, 0) is 37.2 Å². The van der Waals surface area contributed by atoms with Crippen LogP contribution < -0.4 is 0 Å². The molecule has 0 aromatic heterocycles. The van der Waals surface area contributed by atoms with E-state index in [1.54, 1.807) is 6.08 Å². The van der Waals surface area contributed by atoms with Crippen molar-refractivity contribution >= 4 is 5.78 Å². The number of allylic oxidation sites excluding steroid dienone is 3. The third kappa shape index (κ3) is 1.13. The SMILES string of the molecule is C=C[C@@H]1CC[C@@H]2C=CC(=O)[C@@H]2C1. The first-order valence-corrected chi connectivity index (χ1v) is 4.66. The Balaban J connectivity index is 2.09. The number of fused-ring (bicyclic) bond motifs is 1. The minimum Gasteiger partial charge on any atom is -0.295 e. The van der Waals surface area contributed by atoms with Gasteiger partial charge < -0.3 is 0 Å². The summed E-state index contributed by atoms with van der Waals surface area (Å²) >= 11 is 0. The van der Waals surface area contributed by atoms with E-state index >= 15 is 0 Å². The van der Waals surface area contributed by atoms with Crippen molar-refractivity contribution in [2.75, 3.05) is 0 Å². The number of carbonyl (C=O) groups excluding carboxylic acids is 1. The van der Waals surface area contributed by atoms with Gasteiger partial charge in [0, 0.05) is 5.92 Å². The van der Waals surface area contributed by atoms with E-state index in [0.717, 1.165) is 6.42 Å². The highest BCUT2D eigenvalue weighted by atomic mass is 16.1. The molecule has 3 atom stereocenters. The fourth-order valence-electron chi connectivity index (χ4n) is 2.34. The maximum atomic E-state index is 11.3. The third-order valence-corrected chi connectivity index (χ3v) is 3.15. The van der Waals surface area contributed by atoms with Crippen molar-refractivity contribution in [1.29, 1.82) is 0 Å². The van der Waals surface area contributed by atoms with Crippen LogP contribution in [0.25, 0.3) is 0 Å². The molecule has 0 radical (unpaired) electrons. The van der Waals surface area contributed by atoms with E-state index < -0.39 is 0 Å². The van der Waals surface area contributed by atoms with E-state index in [0.29, 0.717) is 23.5 Å². The van der Waals surface area contributed by atoms with E-state index in [4.69, 9.17) is 0 Å². The first-order valence-electron chi connectivity index (χ1n) is 4.66. The Kier molecular flexibility index (Phi) is 1.87. The van der Waals surface area contributed by atoms with E-state index in [1.807, 2.05) is 6.08 Å². The van der Waals surface area contributed by atoms with Gasteiger partial charge in [0.2, 0.25) is 0 Å². The number of ketones is 1. The van der Waals surface area contributed by atoms with Gasteiger partial charge in [-0.2, -0.15) is 0 Å². The first-order chi connectivity index (χ1) is 5.81. The Labute approximate surface area is 73.2 Å². The number of rotatable bonds is 1. The van der Waals surface area contributed by atoms with Crippen LogP contribution in [0.5, 0.6) is 0 Å². The minimum atomic E-state index is 0.293. The molecule has 1 nitrogen and oxygen atoms in total. The van der Waals surface area contributed by atoms with Crippen LogP contribution in [0.1, 0.15) is 19.3 Å². The predicted octanol–water partition coefficient (Wildman–Crippen LogP) is 2.34. The minimum absolute atomic E-state index is 0.293. The van der Waals surface area contributed by atoms with Gasteiger partial charge in [-0.3, -0.25) is 4.79 Å². The van der Waals surface area contributed by atoms with Gasteiger partial charge in [0.15, 0.2) is 5.78 Å². The molecule has 0 bridgehead atoms.